The molecule has 0 aliphatic carbocycles. The van der Waals surface area contributed by atoms with Gasteiger partial charge >= 0.3 is 0 Å². The molecule has 0 aliphatic rings. The molecule has 0 atom stereocenters. The van der Waals surface area contributed by atoms with Gasteiger partial charge in [0.1, 0.15) is 11.6 Å². The molecule has 2 aromatic heterocycles. The third-order valence-corrected chi connectivity index (χ3v) is 5.17. The summed E-state index contributed by atoms with van der Waals surface area (Å²) in [6.07, 6.45) is 1.06. The highest BCUT2D eigenvalue weighted by atomic mass is 16.1. The van der Waals surface area contributed by atoms with E-state index in [0.29, 0.717) is 37.0 Å². The lowest BCUT2D eigenvalue weighted by atomic mass is 10.1. The molecule has 2 heterocycles. The van der Waals surface area contributed by atoms with Crippen LogP contribution in [0.4, 0.5) is 23.1 Å². The second-order valence-corrected chi connectivity index (χ2v) is 8.31. The molecule has 0 spiro atoms. The Balaban J connectivity index is 1.32. The van der Waals surface area contributed by atoms with E-state index in [1.54, 1.807) is 0 Å². The lowest BCUT2D eigenvalue weighted by molar-refractivity contribution is -0.116. The molecule has 0 bridgehead atoms. The van der Waals surface area contributed by atoms with Crippen molar-refractivity contribution in [3.63, 3.8) is 0 Å². The zero-order valence-corrected chi connectivity index (χ0v) is 20.2. The molecule has 4 aromatic rings. The number of aromatic nitrogens is 4. The van der Waals surface area contributed by atoms with Crippen LogP contribution in [0.2, 0.25) is 0 Å². The van der Waals surface area contributed by atoms with Crippen molar-refractivity contribution < 1.29 is 4.79 Å². The van der Waals surface area contributed by atoms with Crippen molar-refractivity contribution in [2.75, 3.05) is 22.5 Å². The lowest BCUT2D eigenvalue weighted by Crippen LogP contribution is -2.14. The monoisotopic (exact) mass is 467 g/mol. The van der Waals surface area contributed by atoms with E-state index in [4.69, 9.17) is 0 Å². The van der Waals surface area contributed by atoms with Gasteiger partial charge in [-0.2, -0.15) is 0 Å². The number of anilines is 4. The summed E-state index contributed by atoms with van der Waals surface area (Å²) < 4.78 is 0. The maximum Gasteiger partial charge on any atom is 0.224 e. The van der Waals surface area contributed by atoms with Gasteiger partial charge in [-0.05, 0) is 51.5 Å². The SMILES string of the molecule is Cc1cc(C)nc(NCCCC(=O)Nc2cccc(Nc3cc(-c4ccccc4)nc(C)n3)c2)n1. The quantitative estimate of drug-likeness (QED) is 0.282. The summed E-state index contributed by atoms with van der Waals surface area (Å²) in [4.78, 5) is 30.2. The third-order valence-electron chi connectivity index (χ3n) is 5.17. The van der Waals surface area contributed by atoms with Crippen LogP contribution in [0, 0.1) is 20.8 Å². The maximum atomic E-state index is 12.4. The highest BCUT2D eigenvalue weighted by Crippen LogP contribution is 2.23. The molecule has 0 saturated carbocycles. The molecule has 0 unspecified atom stereocenters. The molecular formula is C27H29N7O. The van der Waals surface area contributed by atoms with Crippen LogP contribution in [0.15, 0.2) is 66.7 Å². The molecule has 8 heteroatoms. The van der Waals surface area contributed by atoms with Crippen molar-refractivity contribution >= 4 is 29.0 Å². The fraction of sp³-hybridized carbons (Fsp3) is 0.222. The Morgan fingerprint density at radius 1 is 0.800 bits per heavy atom. The van der Waals surface area contributed by atoms with Gasteiger partial charge in [0.05, 0.1) is 5.69 Å². The summed E-state index contributed by atoms with van der Waals surface area (Å²) in [5, 5.41) is 9.46. The van der Waals surface area contributed by atoms with Crippen molar-refractivity contribution in [3.8, 4) is 11.3 Å². The van der Waals surface area contributed by atoms with Crippen LogP contribution in [0.25, 0.3) is 11.3 Å². The van der Waals surface area contributed by atoms with Gasteiger partial charge < -0.3 is 16.0 Å². The number of hydrogen-bond donors (Lipinski definition) is 3. The van der Waals surface area contributed by atoms with E-state index in [1.807, 2.05) is 87.5 Å². The predicted octanol–water partition coefficient (Wildman–Crippen LogP) is 5.43. The number of benzene rings is 2. The van der Waals surface area contributed by atoms with Gasteiger partial charge in [0.2, 0.25) is 11.9 Å². The largest absolute Gasteiger partial charge is 0.354 e. The Hall–Kier alpha value is -4.33. The Labute approximate surface area is 205 Å². The zero-order chi connectivity index (χ0) is 24.6. The first-order chi connectivity index (χ1) is 16.9. The highest BCUT2D eigenvalue weighted by Gasteiger charge is 2.07. The van der Waals surface area contributed by atoms with Crippen LogP contribution in [-0.4, -0.2) is 32.4 Å². The summed E-state index contributed by atoms with van der Waals surface area (Å²) in [5.41, 5.74) is 5.26. The molecule has 8 nitrogen and oxygen atoms in total. The van der Waals surface area contributed by atoms with Crippen molar-refractivity contribution in [1.29, 1.82) is 0 Å². The van der Waals surface area contributed by atoms with Gasteiger partial charge in [-0.3, -0.25) is 4.79 Å². The van der Waals surface area contributed by atoms with E-state index in [9.17, 15) is 4.79 Å². The van der Waals surface area contributed by atoms with E-state index in [0.717, 1.165) is 34.0 Å². The zero-order valence-electron chi connectivity index (χ0n) is 20.2. The van der Waals surface area contributed by atoms with Crippen LogP contribution in [0.3, 0.4) is 0 Å². The van der Waals surface area contributed by atoms with Gasteiger partial charge in [0.25, 0.3) is 0 Å². The molecule has 0 fully saturated rings. The standard InChI is InChI=1S/C27H29N7O/c1-18-15-19(2)30-27(29-18)28-14-8-13-26(35)34-23-12-7-11-22(16-23)33-25-17-24(31-20(3)32-25)21-9-5-4-6-10-21/h4-7,9-12,15-17H,8,13-14H2,1-3H3,(H,34,35)(H,28,29,30)(H,31,32,33). The van der Waals surface area contributed by atoms with E-state index in [2.05, 4.69) is 35.9 Å². The first-order valence-corrected chi connectivity index (χ1v) is 11.6. The Kier molecular flexibility index (Phi) is 7.62. The fourth-order valence-corrected chi connectivity index (χ4v) is 3.69. The summed E-state index contributed by atoms with van der Waals surface area (Å²) in [6, 6.07) is 21.4. The van der Waals surface area contributed by atoms with Gasteiger partial charge in [-0.1, -0.05) is 36.4 Å². The summed E-state index contributed by atoms with van der Waals surface area (Å²) >= 11 is 0. The van der Waals surface area contributed by atoms with Gasteiger partial charge in [-0.25, -0.2) is 19.9 Å². The normalized spacial score (nSPS) is 10.6. The minimum Gasteiger partial charge on any atom is -0.354 e. The highest BCUT2D eigenvalue weighted by molar-refractivity contribution is 5.91. The summed E-state index contributed by atoms with van der Waals surface area (Å²) in [7, 11) is 0. The minimum atomic E-state index is -0.0467. The maximum absolute atomic E-state index is 12.4. The number of hydrogen-bond acceptors (Lipinski definition) is 7. The molecule has 3 N–H and O–H groups in total. The van der Waals surface area contributed by atoms with Crippen LogP contribution in [0.5, 0.6) is 0 Å². The van der Waals surface area contributed by atoms with E-state index in [-0.39, 0.29) is 5.91 Å². The average Bonchev–Trinajstić information content (AvgIpc) is 2.82. The lowest BCUT2D eigenvalue weighted by Gasteiger charge is -2.11. The molecule has 0 radical (unpaired) electrons. The van der Waals surface area contributed by atoms with Crippen molar-refractivity contribution in [2.45, 2.75) is 33.6 Å². The second kappa shape index (κ2) is 11.2. The first kappa shape index (κ1) is 23.8. The molecule has 178 valence electrons. The van der Waals surface area contributed by atoms with Crippen molar-refractivity contribution in [3.05, 3.63) is 83.9 Å². The second-order valence-electron chi connectivity index (χ2n) is 8.31. The van der Waals surface area contributed by atoms with Crippen LogP contribution >= 0.6 is 0 Å². The van der Waals surface area contributed by atoms with E-state index in [1.165, 1.54) is 0 Å². The fourth-order valence-electron chi connectivity index (χ4n) is 3.69. The molecule has 0 aliphatic heterocycles. The van der Waals surface area contributed by atoms with Gasteiger partial charge in [-0.15, -0.1) is 0 Å². The molecule has 0 saturated heterocycles. The van der Waals surface area contributed by atoms with Gasteiger partial charge in [0.15, 0.2) is 0 Å². The van der Waals surface area contributed by atoms with E-state index < -0.39 is 0 Å². The molecule has 1 amide bonds. The molecule has 35 heavy (non-hydrogen) atoms. The summed E-state index contributed by atoms with van der Waals surface area (Å²) in [6.45, 7) is 6.36. The van der Waals surface area contributed by atoms with Crippen LogP contribution < -0.4 is 16.0 Å². The number of amides is 1. The molecule has 4 rings (SSSR count). The Morgan fingerprint density at radius 3 is 2.31 bits per heavy atom. The number of nitrogens with zero attached hydrogens (tertiary/aromatic N) is 4. The summed E-state index contributed by atoms with van der Waals surface area (Å²) in [5.74, 6) is 1.92. The number of rotatable bonds is 9. The first-order valence-electron chi connectivity index (χ1n) is 11.6. The smallest absolute Gasteiger partial charge is 0.224 e. The Morgan fingerprint density at radius 2 is 1.54 bits per heavy atom. The van der Waals surface area contributed by atoms with Gasteiger partial charge in [0, 0.05) is 47.4 Å². The number of aryl methyl sites for hydroxylation is 3. The molecular weight excluding hydrogens is 438 g/mol. The van der Waals surface area contributed by atoms with Crippen LogP contribution in [-0.2, 0) is 4.79 Å². The number of nitrogens with one attached hydrogen (secondary N) is 3. The van der Waals surface area contributed by atoms with Crippen molar-refractivity contribution in [2.24, 2.45) is 0 Å². The Bertz CT molecular complexity index is 1290. The number of carbonyl (C=O) groups is 1. The third kappa shape index (κ3) is 7.07. The average molecular weight is 468 g/mol. The van der Waals surface area contributed by atoms with Crippen LogP contribution in [0.1, 0.15) is 30.1 Å². The number of carbonyl (C=O) groups excluding carboxylic acids is 1. The minimum absolute atomic E-state index is 0.0467. The van der Waals surface area contributed by atoms with E-state index >= 15 is 0 Å². The predicted molar refractivity (Wildman–Crippen MR) is 140 cm³/mol. The topological polar surface area (TPSA) is 105 Å². The molecule has 2 aromatic carbocycles. The van der Waals surface area contributed by atoms with Crippen molar-refractivity contribution in [1.82, 2.24) is 19.9 Å².